The van der Waals surface area contributed by atoms with E-state index in [1.807, 2.05) is 7.05 Å². The lowest BCUT2D eigenvalue weighted by Crippen LogP contribution is -2.27. The van der Waals surface area contributed by atoms with Crippen LogP contribution < -0.4 is 11.1 Å². The van der Waals surface area contributed by atoms with Gasteiger partial charge in [0.25, 0.3) is 17.5 Å². The van der Waals surface area contributed by atoms with Crippen molar-refractivity contribution in [2.75, 3.05) is 18.9 Å². The van der Waals surface area contributed by atoms with Gasteiger partial charge in [0.05, 0.1) is 15.4 Å². The summed E-state index contributed by atoms with van der Waals surface area (Å²) >= 11 is 2.61. The summed E-state index contributed by atoms with van der Waals surface area (Å²) in [5, 5.41) is 14.8. The van der Waals surface area contributed by atoms with E-state index in [1.165, 1.54) is 34.8 Å². The number of nitrogens with one attached hydrogen (secondary N) is 1. The Balaban J connectivity index is 0.00000240. The molecular formula is C18H17ClN4O4S2. The van der Waals surface area contributed by atoms with Crippen molar-refractivity contribution in [3.05, 3.63) is 55.3 Å². The Labute approximate surface area is 179 Å². The van der Waals surface area contributed by atoms with Gasteiger partial charge in [0.2, 0.25) is 0 Å². The van der Waals surface area contributed by atoms with Gasteiger partial charge in [0.15, 0.2) is 0 Å². The molecule has 0 saturated heterocycles. The molecular weight excluding hydrogens is 436 g/mol. The number of carbonyl (C=O) groups is 2. The Kier molecular flexibility index (Phi) is 5.90. The van der Waals surface area contributed by atoms with Gasteiger partial charge >= 0.3 is 0 Å². The number of non-ortho nitro benzene ring substituents is 1. The van der Waals surface area contributed by atoms with Crippen molar-refractivity contribution in [1.82, 2.24) is 4.90 Å². The Morgan fingerprint density at radius 3 is 2.72 bits per heavy atom. The molecule has 3 N–H and O–H groups in total. The number of carbonyl (C=O) groups excluding carboxylic acids is 2. The molecule has 2 aromatic heterocycles. The number of nitrogens with two attached hydrogens (primary N) is 1. The molecule has 8 nitrogen and oxygen atoms in total. The molecule has 0 fully saturated rings. The van der Waals surface area contributed by atoms with Crippen molar-refractivity contribution < 1.29 is 14.5 Å². The largest absolute Gasteiger partial charge is 0.365 e. The average molecular weight is 453 g/mol. The van der Waals surface area contributed by atoms with Crippen molar-refractivity contribution in [3.8, 4) is 0 Å². The minimum atomic E-state index is -0.552. The van der Waals surface area contributed by atoms with Crippen molar-refractivity contribution in [2.24, 2.45) is 5.73 Å². The normalized spacial score (nSPS) is 13.6. The molecule has 0 unspecified atom stereocenters. The van der Waals surface area contributed by atoms with Crippen LogP contribution in [0.4, 0.5) is 10.7 Å². The van der Waals surface area contributed by atoms with Crippen LogP contribution in [0.15, 0.2) is 24.3 Å². The summed E-state index contributed by atoms with van der Waals surface area (Å²) in [6, 6.07) is 6.10. The Hall–Kier alpha value is -2.53. The van der Waals surface area contributed by atoms with Gasteiger partial charge in [0.1, 0.15) is 5.00 Å². The van der Waals surface area contributed by atoms with Crippen LogP contribution in [-0.2, 0) is 13.0 Å². The Morgan fingerprint density at radius 1 is 1.28 bits per heavy atom. The molecule has 1 aliphatic rings. The maximum atomic E-state index is 12.8. The first kappa shape index (κ1) is 21.2. The van der Waals surface area contributed by atoms with Crippen LogP contribution in [0, 0.1) is 10.1 Å². The number of halogens is 1. The molecule has 0 radical (unpaired) electrons. The number of nitro groups is 1. The zero-order valence-corrected chi connectivity index (χ0v) is 17.7. The Morgan fingerprint density at radius 2 is 2.03 bits per heavy atom. The van der Waals surface area contributed by atoms with Crippen LogP contribution in [-0.4, -0.2) is 35.2 Å². The van der Waals surface area contributed by atoms with E-state index in [-0.39, 0.29) is 24.0 Å². The number of benzene rings is 1. The first-order valence-corrected chi connectivity index (χ1v) is 10.1. The van der Waals surface area contributed by atoms with Crippen molar-refractivity contribution in [3.63, 3.8) is 0 Å². The summed E-state index contributed by atoms with van der Waals surface area (Å²) < 4.78 is 0.776. The second-order valence-electron chi connectivity index (χ2n) is 6.60. The number of thiophene rings is 2. The van der Waals surface area contributed by atoms with Gasteiger partial charge in [-0.05, 0) is 31.2 Å². The van der Waals surface area contributed by atoms with E-state index in [9.17, 15) is 19.7 Å². The summed E-state index contributed by atoms with van der Waals surface area (Å²) in [4.78, 5) is 38.8. The molecule has 0 spiro atoms. The molecule has 0 atom stereocenters. The number of hydrogen-bond donors (Lipinski definition) is 2. The molecule has 11 heteroatoms. The van der Waals surface area contributed by atoms with Crippen LogP contribution in [0.5, 0.6) is 0 Å². The number of anilines is 1. The standard InChI is InChI=1S/C18H16N4O4S2.ClH/c1-21-5-4-11-14(8-21)28-18(15(11)16(19)23)20-17(24)13-7-9-6-10(22(25)26)2-3-12(9)27-13;/h2-3,6-7H,4-5,8H2,1H3,(H2,19,23)(H,20,24);1H. The van der Waals surface area contributed by atoms with E-state index in [0.29, 0.717) is 33.8 Å². The average Bonchev–Trinajstić information content (AvgIpc) is 3.21. The van der Waals surface area contributed by atoms with Crippen molar-refractivity contribution in [2.45, 2.75) is 13.0 Å². The highest BCUT2D eigenvalue weighted by Crippen LogP contribution is 2.37. The third-order valence-electron chi connectivity index (χ3n) is 4.66. The minimum absolute atomic E-state index is 0. The van der Waals surface area contributed by atoms with Crippen LogP contribution in [0.2, 0.25) is 0 Å². The number of primary amides is 1. The molecule has 0 aliphatic carbocycles. The number of fused-ring (bicyclic) bond motifs is 2. The van der Waals surface area contributed by atoms with Crippen molar-refractivity contribution in [1.29, 1.82) is 0 Å². The Bertz CT molecular complexity index is 1140. The van der Waals surface area contributed by atoms with E-state index in [1.54, 1.807) is 12.1 Å². The van der Waals surface area contributed by atoms with Gasteiger partial charge < -0.3 is 16.0 Å². The second-order valence-corrected chi connectivity index (χ2v) is 8.79. The number of amides is 2. The number of hydrogen-bond acceptors (Lipinski definition) is 7. The third kappa shape index (κ3) is 3.97. The van der Waals surface area contributed by atoms with Gasteiger partial charge in [0, 0.05) is 40.2 Å². The quantitative estimate of drug-likeness (QED) is 0.462. The molecule has 3 aromatic rings. The number of nitrogens with zero attached hydrogens (tertiary/aromatic N) is 2. The SMILES string of the molecule is CN1CCc2c(sc(NC(=O)c3cc4cc([N+](=O)[O-])ccc4s3)c2C(N)=O)C1.Cl. The summed E-state index contributed by atoms with van der Waals surface area (Å²) in [6.45, 7) is 1.54. The molecule has 0 bridgehead atoms. The fraction of sp³-hybridized carbons (Fsp3) is 0.222. The minimum Gasteiger partial charge on any atom is -0.365 e. The molecule has 4 rings (SSSR count). The molecule has 29 heavy (non-hydrogen) atoms. The lowest BCUT2D eigenvalue weighted by Gasteiger charge is -2.22. The predicted molar refractivity (Wildman–Crippen MR) is 117 cm³/mol. The molecule has 1 aromatic carbocycles. The molecule has 2 amide bonds. The highest BCUT2D eigenvalue weighted by Gasteiger charge is 2.27. The molecule has 0 saturated carbocycles. The summed E-state index contributed by atoms with van der Waals surface area (Å²) in [7, 11) is 2.00. The third-order valence-corrected chi connectivity index (χ3v) is 6.90. The van der Waals surface area contributed by atoms with Crippen LogP contribution in [0.25, 0.3) is 10.1 Å². The van der Waals surface area contributed by atoms with Gasteiger partial charge in [-0.1, -0.05) is 0 Å². The summed E-state index contributed by atoms with van der Waals surface area (Å²) in [6.07, 6.45) is 0.711. The van der Waals surface area contributed by atoms with Crippen molar-refractivity contribution >= 4 is 67.7 Å². The highest BCUT2D eigenvalue weighted by atomic mass is 35.5. The summed E-state index contributed by atoms with van der Waals surface area (Å²) in [5.41, 5.74) is 6.86. The first-order chi connectivity index (χ1) is 13.3. The molecule has 1 aliphatic heterocycles. The summed E-state index contributed by atoms with van der Waals surface area (Å²) in [5.74, 6) is -0.914. The zero-order valence-electron chi connectivity index (χ0n) is 15.3. The van der Waals surface area contributed by atoms with Crippen LogP contribution >= 0.6 is 35.1 Å². The molecule has 3 heterocycles. The van der Waals surface area contributed by atoms with E-state index in [4.69, 9.17) is 5.73 Å². The molecule has 152 valence electrons. The van der Waals surface area contributed by atoms with Gasteiger partial charge in [-0.3, -0.25) is 19.7 Å². The van der Waals surface area contributed by atoms with Gasteiger partial charge in [-0.2, -0.15) is 0 Å². The number of likely N-dealkylation sites (N-methyl/N-ethyl adjacent to an activating group) is 1. The van der Waals surface area contributed by atoms with E-state index >= 15 is 0 Å². The fourth-order valence-electron chi connectivity index (χ4n) is 3.30. The maximum Gasteiger partial charge on any atom is 0.270 e. The topological polar surface area (TPSA) is 119 Å². The van der Waals surface area contributed by atoms with Crippen LogP contribution in [0.1, 0.15) is 30.5 Å². The lowest BCUT2D eigenvalue weighted by atomic mass is 10.0. The first-order valence-electron chi connectivity index (χ1n) is 8.45. The van der Waals surface area contributed by atoms with Gasteiger partial charge in [-0.25, -0.2) is 0 Å². The van der Waals surface area contributed by atoms with Gasteiger partial charge in [-0.15, -0.1) is 35.1 Å². The smallest absolute Gasteiger partial charge is 0.270 e. The number of rotatable bonds is 4. The maximum absolute atomic E-state index is 12.8. The highest BCUT2D eigenvalue weighted by molar-refractivity contribution is 7.21. The zero-order chi connectivity index (χ0) is 20.0. The predicted octanol–water partition coefficient (Wildman–Crippen LogP) is 3.63. The van der Waals surface area contributed by atoms with E-state index < -0.39 is 10.8 Å². The monoisotopic (exact) mass is 452 g/mol. The second kappa shape index (κ2) is 8.07. The number of nitro benzene ring substituents is 1. The lowest BCUT2D eigenvalue weighted by molar-refractivity contribution is -0.384. The van der Waals surface area contributed by atoms with E-state index in [2.05, 4.69) is 10.2 Å². The van der Waals surface area contributed by atoms with E-state index in [0.717, 1.165) is 21.7 Å². The fourth-order valence-corrected chi connectivity index (χ4v) is 5.57. The van der Waals surface area contributed by atoms with Crippen LogP contribution in [0.3, 0.4) is 0 Å².